The Morgan fingerprint density at radius 3 is 2.54 bits per heavy atom. The van der Waals surface area contributed by atoms with Crippen LogP contribution in [0.4, 0.5) is 0 Å². The Kier molecular flexibility index (Phi) is 9.76. The van der Waals surface area contributed by atoms with Gasteiger partial charge >= 0.3 is 5.97 Å². The molecular weight excluding hydrogens is 332 g/mol. The average Bonchev–Trinajstić information content (AvgIpc) is 2.53. The molecule has 24 heavy (non-hydrogen) atoms. The normalized spacial score (nSPS) is 13.4. The first kappa shape index (κ1) is 20.7. The van der Waals surface area contributed by atoms with E-state index in [1.54, 1.807) is 25.1 Å². The predicted molar refractivity (Wildman–Crippen MR) is 93.2 cm³/mol. The van der Waals surface area contributed by atoms with Crippen molar-refractivity contribution >= 4 is 17.6 Å². The number of carbonyl (C=O) groups excluding carboxylic acids is 1. The fourth-order valence-corrected chi connectivity index (χ4v) is 2.46. The number of aliphatic hydroxyl groups is 2. The van der Waals surface area contributed by atoms with Crippen LogP contribution in [0.1, 0.15) is 51.0 Å². The van der Waals surface area contributed by atoms with Crippen molar-refractivity contribution < 1.29 is 24.5 Å². The van der Waals surface area contributed by atoms with Crippen LogP contribution in [0.5, 0.6) is 5.75 Å². The van der Waals surface area contributed by atoms with Gasteiger partial charge in [-0.25, -0.2) is 4.79 Å². The predicted octanol–water partition coefficient (Wildman–Crippen LogP) is 3.61. The number of benzene rings is 1. The highest BCUT2D eigenvalue weighted by molar-refractivity contribution is 6.30. The molecule has 5 nitrogen and oxygen atoms in total. The van der Waals surface area contributed by atoms with E-state index >= 15 is 0 Å². The Hall–Kier alpha value is -1.30. The maximum absolute atomic E-state index is 11.9. The van der Waals surface area contributed by atoms with Crippen molar-refractivity contribution in [3.05, 3.63) is 28.8 Å². The third kappa shape index (κ3) is 7.99. The van der Waals surface area contributed by atoms with Gasteiger partial charge in [-0.2, -0.15) is 0 Å². The van der Waals surface area contributed by atoms with Crippen molar-refractivity contribution in [1.29, 1.82) is 0 Å². The summed E-state index contributed by atoms with van der Waals surface area (Å²) in [7, 11) is 0. The minimum Gasteiger partial charge on any atom is -0.479 e. The number of unbranched alkanes of at least 4 members (excludes halogenated alkanes) is 4. The molecule has 6 heteroatoms. The number of aliphatic hydroxyl groups excluding tert-OH is 2. The van der Waals surface area contributed by atoms with Crippen LogP contribution in [-0.2, 0) is 9.53 Å². The lowest BCUT2D eigenvalue weighted by Crippen LogP contribution is -2.30. The van der Waals surface area contributed by atoms with E-state index in [-0.39, 0.29) is 6.61 Å². The van der Waals surface area contributed by atoms with Gasteiger partial charge in [-0.15, -0.1) is 0 Å². The topological polar surface area (TPSA) is 76.0 Å². The molecule has 2 atom stereocenters. The van der Waals surface area contributed by atoms with Crippen molar-refractivity contribution in [3.63, 3.8) is 0 Å². The molecule has 0 aliphatic carbocycles. The zero-order valence-corrected chi connectivity index (χ0v) is 15.1. The highest BCUT2D eigenvalue weighted by atomic mass is 35.5. The van der Waals surface area contributed by atoms with Crippen LogP contribution >= 0.6 is 11.6 Å². The molecule has 1 aromatic carbocycles. The lowest BCUT2D eigenvalue weighted by atomic mass is 10.1. The molecule has 0 amide bonds. The summed E-state index contributed by atoms with van der Waals surface area (Å²) < 4.78 is 10.6. The van der Waals surface area contributed by atoms with Crippen molar-refractivity contribution in [3.8, 4) is 5.75 Å². The zero-order chi connectivity index (χ0) is 17.9. The van der Waals surface area contributed by atoms with Gasteiger partial charge in [0, 0.05) is 18.1 Å². The summed E-state index contributed by atoms with van der Waals surface area (Å²) in [5, 5.41) is 19.1. The molecular formula is C18H27ClO5. The summed E-state index contributed by atoms with van der Waals surface area (Å²) in [6.45, 7) is 3.63. The number of esters is 1. The van der Waals surface area contributed by atoms with E-state index in [1.165, 1.54) is 0 Å². The molecule has 0 spiro atoms. The second-order valence-electron chi connectivity index (χ2n) is 5.84. The first-order valence-electron chi connectivity index (χ1n) is 8.36. The fraction of sp³-hybridized carbons (Fsp3) is 0.611. The van der Waals surface area contributed by atoms with Gasteiger partial charge in [0.2, 0.25) is 6.29 Å². The molecule has 0 aromatic heterocycles. The molecule has 1 unspecified atom stereocenters. The van der Waals surface area contributed by atoms with Crippen molar-refractivity contribution in [2.75, 3.05) is 6.61 Å². The zero-order valence-electron chi connectivity index (χ0n) is 14.3. The minimum absolute atomic E-state index is 0.214. The van der Waals surface area contributed by atoms with E-state index in [9.17, 15) is 9.90 Å². The van der Waals surface area contributed by atoms with Crippen LogP contribution in [0.3, 0.4) is 0 Å². The molecule has 136 valence electrons. The number of aryl methyl sites for hydroxylation is 1. The fourth-order valence-electron chi connectivity index (χ4n) is 2.23. The van der Waals surface area contributed by atoms with Gasteiger partial charge in [0.15, 0.2) is 6.10 Å². The lowest BCUT2D eigenvalue weighted by Gasteiger charge is -2.18. The number of rotatable bonds is 11. The molecule has 0 aliphatic rings. The second-order valence-corrected chi connectivity index (χ2v) is 6.28. The number of hydrogen-bond acceptors (Lipinski definition) is 5. The molecule has 0 saturated carbocycles. The summed E-state index contributed by atoms with van der Waals surface area (Å²) in [5.41, 5.74) is 0.825. The SMILES string of the molecule is Cc1cc(Cl)ccc1O[C@H](C)C(=O)OC(O)CCCCCCCO. The Balaban J connectivity index is 2.30. The summed E-state index contributed by atoms with van der Waals surface area (Å²) in [4.78, 5) is 11.9. The van der Waals surface area contributed by atoms with Crippen molar-refractivity contribution in [2.45, 2.75) is 64.8 Å². The lowest BCUT2D eigenvalue weighted by molar-refractivity contribution is -0.176. The van der Waals surface area contributed by atoms with Gasteiger partial charge < -0.3 is 19.7 Å². The molecule has 0 radical (unpaired) electrons. The standard InChI is InChI=1S/C18H27ClO5/c1-13-12-15(19)9-10-16(13)23-14(2)18(22)24-17(21)8-6-4-3-5-7-11-20/h9-10,12,14,17,20-21H,3-8,11H2,1-2H3/t14-,17?/m1/s1. The van der Waals surface area contributed by atoms with Crippen LogP contribution in [0.15, 0.2) is 18.2 Å². The third-order valence-corrected chi connectivity index (χ3v) is 3.87. The van der Waals surface area contributed by atoms with Crippen molar-refractivity contribution in [2.24, 2.45) is 0 Å². The van der Waals surface area contributed by atoms with Crippen LogP contribution < -0.4 is 4.74 Å². The molecule has 0 heterocycles. The van der Waals surface area contributed by atoms with Gasteiger partial charge in [-0.3, -0.25) is 0 Å². The molecule has 0 bridgehead atoms. The molecule has 1 rings (SSSR count). The van der Waals surface area contributed by atoms with E-state index in [4.69, 9.17) is 26.2 Å². The highest BCUT2D eigenvalue weighted by Crippen LogP contribution is 2.23. The maximum Gasteiger partial charge on any atom is 0.349 e. The first-order valence-corrected chi connectivity index (χ1v) is 8.74. The Bertz CT molecular complexity index is 506. The second kappa shape index (κ2) is 11.3. The number of ether oxygens (including phenoxy) is 2. The Morgan fingerprint density at radius 1 is 1.21 bits per heavy atom. The van der Waals surface area contributed by atoms with Gasteiger partial charge in [0.05, 0.1) is 0 Å². The quantitative estimate of drug-likeness (QED) is 0.359. The first-order chi connectivity index (χ1) is 11.4. The largest absolute Gasteiger partial charge is 0.479 e. The summed E-state index contributed by atoms with van der Waals surface area (Å²) >= 11 is 5.88. The van der Waals surface area contributed by atoms with E-state index in [1.807, 2.05) is 6.92 Å². The monoisotopic (exact) mass is 358 g/mol. The summed E-state index contributed by atoms with van der Waals surface area (Å²) in [5.74, 6) is -0.0423. The van der Waals surface area contributed by atoms with E-state index in [2.05, 4.69) is 0 Å². The molecule has 0 saturated heterocycles. The Labute approximate surface area is 148 Å². The van der Waals surface area contributed by atoms with Gasteiger partial charge in [-0.1, -0.05) is 30.9 Å². The summed E-state index contributed by atoms with van der Waals surface area (Å²) in [6, 6.07) is 5.14. The van der Waals surface area contributed by atoms with E-state index in [0.717, 1.165) is 37.7 Å². The van der Waals surface area contributed by atoms with Gasteiger partial charge in [0.25, 0.3) is 0 Å². The van der Waals surface area contributed by atoms with Crippen molar-refractivity contribution in [1.82, 2.24) is 0 Å². The highest BCUT2D eigenvalue weighted by Gasteiger charge is 2.20. The Morgan fingerprint density at radius 2 is 1.88 bits per heavy atom. The molecule has 0 fully saturated rings. The van der Waals surface area contributed by atoms with Crippen LogP contribution in [0.25, 0.3) is 0 Å². The molecule has 2 N–H and O–H groups in total. The smallest absolute Gasteiger partial charge is 0.349 e. The maximum atomic E-state index is 11.9. The van der Waals surface area contributed by atoms with Crippen LogP contribution in [-0.4, -0.2) is 35.2 Å². The third-order valence-electron chi connectivity index (χ3n) is 3.63. The van der Waals surface area contributed by atoms with Gasteiger partial charge in [0.1, 0.15) is 5.75 Å². The van der Waals surface area contributed by atoms with Gasteiger partial charge in [-0.05, 0) is 50.5 Å². The van der Waals surface area contributed by atoms with Crippen LogP contribution in [0, 0.1) is 6.92 Å². The number of hydrogen-bond donors (Lipinski definition) is 2. The minimum atomic E-state index is -1.12. The number of halogens is 1. The average molecular weight is 359 g/mol. The molecule has 1 aromatic rings. The number of carbonyl (C=O) groups is 1. The molecule has 0 aliphatic heterocycles. The van der Waals surface area contributed by atoms with E-state index < -0.39 is 18.4 Å². The summed E-state index contributed by atoms with van der Waals surface area (Å²) in [6.07, 6.45) is 2.94. The van der Waals surface area contributed by atoms with E-state index in [0.29, 0.717) is 17.2 Å². The van der Waals surface area contributed by atoms with Crippen LogP contribution in [0.2, 0.25) is 5.02 Å².